The van der Waals surface area contributed by atoms with Crippen LogP contribution in [0.5, 0.6) is 5.75 Å². The lowest BCUT2D eigenvalue weighted by Crippen LogP contribution is -1.81. The van der Waals surface area contributed by atoms with Gasteiger partial charge in [-0.25, -0.2) is 4.98 Å². The minimum absolute atomic E-state index is 0.283. The second-order valence-corrected chi connectivity index (χ2v) is 3.62. The van der Waals surface area contributed by atoms with E-state index >= 15 is 0 Å². The first kappa shape index (κ1) is 7.79. The van der Waals surface area contributed by atoms with Gasteiger partial charge in [-0.3, -0.25) is 0 Å². The number of rotatable bonds is 0. The molecule has 12 heavy (non-hydrogen) atoms. The Morgan fingerprint density at radius 3 is 2.83 bits per heavy atom. The number of aromatic nitrogens is 1. The van der Waals surface area contributed by atoms with E-state index in [0.29, 0.717) is 0 Å². The largest absolute Gasteiger partial charge is 0.508 e. The fourth-order valence-electron chi connectivity index (χ4n) is 1.09. The molecule has 2 rings (SSSR count). The minimum Gasteiger partial charge on any atom is -0.508 e. The molecule has 2 aromatic rings. The van der Waals surface area contributed by atoms with Gasteiger partial charge in [0.2, 0.25) is 0 Å². The molecule has 0 bridgehead atoms. The maximum Gasteiger partial charge on any atom is 0.116 e. The van der Waals surface area contributed by atoms with Gasteiger partial charge in [-0.2, -0.15) is 0 Å². The third kappa shape index (κ3) is 1.36. The number of pyridine rings is 1. The van der Waals surface area contributed by atoms with Crippen LogP contribution in [0.4, 0.5) is 0 Å². The van der Waals surface area contributed by atoms with E-state index in [2.05, 4.69) is 27.6 Å². The molecule has 0 atom stereocenters. The van der Waals surface area contributed by atoms with E-state index in [-0.39, 0.29) is 5.75 Å². The van der Waals surface area contributed by atoms with Gasteiger partial charge in [0.15, 0.2) is 0 Å². The number of hydrogen-bond acceptors (Lipinski definition) is 2. The fourth-order valence-corrected chi connectivity index (χ4v) is 1.53. The lowest BCUT2D eigenvalue weighted by molar-refractivity contribution is 0.476. The summed E-state index contributed by atoms with van der Waals surface area (Å²) in [6.45, 7) is 0. The number of aromatic hydroxyl groups is 1. The summed E-state index contributed by atoms with van der Waals surface area (Å²) in [7, 11) is 0. The summed E-state index contributed by atoms with van der Waals surface area (Å²) in [6, 6.07) is 9.03. The van der Waals surface area contributed by atoms with Crippen molar-refractivity contribution in [1.29, 1.82) is 0 Å². The van der Waals surface area contributed by atoms with Gasteiger partial charge >= 0.3 is 0 Å². The molecule has 0 aliphatic rings. The molecule has 3 heteroatoms. The summed E-state index contributed by atoms with van der Waals surface area (Å²) in [4.78, 5) is 4.29. The van der Waals surface area contributed by atoms with Gasteiger partial charge in [0.25, 0.3) is 0 Å². The molecule has 0 amide bonds. The van der Waals surface area contributed by atoms with Crippen LogP contribution in [0.1, 0.15) is 0 Å². The first-order valence-corrected chi connectivity index (χ1v) is 4.59. The van der Waals surface area contributed by atoms with Crippen molar-refractivity contribution < 1.29 is 5.11 Å². The summed E-state index contributed by atoms with van der Waals surface area (Å²) in [5.74, 6) is 0.283. The van der Waals surface area contributed by atoms with Crippen molar-refractivity contribution in [2.75, 3.05) is 0 Å². The molecular formula is C9H6INO. The van der Waals surface area contributed by atoms with Crippen LogP contribution in [-0.4, -0.2) is 10.1 Å². The zero-order chi connectivity index (χ0) is 8.55. The number of phenolic OH excluding ortho intramolecular Hbond substituents is 1. The van der Waals surface area contributed by atoms with E-state index in [0.717, 1.165) is 14.6 Å². The number of phenols is 1. The van der Waals surface area contributed by atoms with Crippen molar-refractivity contribution in [2.45, 2.75) is 0 Å². The zero-order valence-electron chi connectivity index (χ0n) is 6.16. The lowest BCUT2D eigenvalue weighted by Gasteiger charge is -1.97. The highest BCUT2D eigenvalue weighted by Crippen LogP contribution is 2.18. The van der Waals surface area contributed by atoms with Crippen LogP contribution in [0.3, 0.4) is 0 Å². The second kappa shape index (κ2) is 2.90. The van der Waals surface area contributed by atoms with E-state index in [9.17, 15) is 0 Å². The molecule has 60 valence electrons. The first-order valence-electron chi connectivity index (χ1n) is 3.51. The number of hydrogen-bond donors (Lipinski definition) is 1. The molecule has 0 radical (unpaired) electrons. The van der Waals surface area contributed by atoms with Gasteiger partial charge in [0, 0.05) is 5.39 Å². The monoisotopic (exact) mass is 271 g/mol. The average molecular weight is 271 g/mol. The third-order valence-corrected chi connectivity index (χ3v) is 2.24. The van der Waals surface area contributed by atoms with Gasteiger partial charge in [-0.05, 0) is 46.9 Å². The summed E-state index contributed by atoms with van der Waals surface area (Å²) >= 11 is 2.16. The highest BCUT2D eigenvalue weighted by Gasteiger charge is 1.96. The van der Waals surface area contributed by atoms with Crippen molar-refractivity contribution in [2.24, 2.45) is 0 Å². The molecule has 0 spiro atoms. The molecule has 1 heterocycles. The molecule has 0 fully saturated rings. The van der Waals surface area contributed by atoms with Gasteiger partial charge < -0.3 is 5.11 Å². The predicted molar refractivity (Wildman–Crippen MR) is 56.1 cm³/mol. The van der Waals surface area contributed by atoms with Crippen LogP contribution in [-0.2, 0) is 0 Å². The molecular weight excluding hydrogens is 265 g/mol. The Labute approximate surface area is 83.4 Å². The maximum absolute atomic E-state index is 9.17. The van der Waals surface area contributed by atoms with Crippen molar-refractivity contribution in [3.63, 3.8) is 0 Å². The maximum atomic E-state index is 9.17. The standard InChI is InChI=1S/C9H6INO/c10-9-4-1-6-5-7(12)2-3-8(6)11-9/h1-5,12H. The van der Waals surface area contributed by atoms with Gasteiger partial charge in [-0.15, -0.1) is 0 Å². The van der Waals surface area contributed by atoms with Crippen LogP contribution < -0.4 is 0 Å². The number of benzene rings is 1. The Hall–Kier alpha value is -0.840. The SMILES string of the molecule is Oc1ccc2nc(I)ccc2c1. The lowest BCUT2D eigenvalue weighted by atomic mass is 10.2. The van der Waals surface area contributed by atoms with E-state index in [4.69, 9.17) is 5.11 Å². The Balaban J connectivity index is 2.79. The quantitative estimate of drug-likeness (QED) is 0.590. The van der Waals surface area contributed by atoms with Gasteiger partial charge in [-0.1, -0.05) is 6.07 Å². The Bertz CT molecular complexity index is 387. The van der Waals surface area contributed by atoms with Crippen molar-refractivity contribution in [1.82, 2.24) is 4.98 Å². The molecule has 0 saturated carbocycles. The second-order valence-electron chi connectivity index (χ2n) is 2.51. The van der Waals surface area contributed by atoms with Crippen molar-refractivity contribution in [3.8, 4) is 5.75 Å². The molecule has 0 unspecified atom stereocenters. The molecule has 0 saturated heterocycles. The van der Waals surface area contributed by atoms with Crippen LogP contribution in [0.2, 0.25) is 0 Å². The topological polar surface area (TPSA) is 33.1 Å². The predicted octanol–water partition coefficient (Wildman–Crippen LogP) is 2.55. The molecule has 0 aliphatic heterocycles. The van der Waals surface area contributed by atoms with Crippen LogP contribution in [0.15, 0.2) is 30.3 Å². The van der Waals surface area contributed by atoms with E-state index < -0.39 is 0 Å². The number of fused-ring (bicyclic) bond motifs is 1. The highest BCUT2D eigenvalue weighted by atomic mass is 127. The number of nitrogens with zero attached hydrogens (tertiary/aromatic N) is 1. The van der Waals surface area contributed by atoms with Crippen molar-refractivity contribution in [3.05, 3.63) is 34.0 Å². The first-order chi connectivity index (χ1) is 5.75. The van der Waals surface area contributed by atoms with Crippen molar-refractivity contribution >= 4 is 33.5 Å². The average Bonchev–Trinajstić information content (AvgIpc) is 2.05. The summed E-state index contributed by atoms with van der Waals surface area (Å²) in [5.41, 5.74) is 0.916. The van der Waals surface area contributed by atoms with E-state index in [1.54, 1.807) is 12.1 Å². The Kier molecular flexibility index (Phi) is 1.88. The smallest absolute Gasteiger partial charge is 0.116 e. The minimum atomic E-state index is 0.283. The van der Waals surface area contributed by atoms with Gasteiger partial charge in [0.05, 0.1) is 5.52 Å². The fraction of sp³-hybridized carbons (Fsp3) is 0. The molecule has 0 aliphatic carbocycles. The molecule has 1 aromatic heterocycles. The third-order valence-electron chi connectivity index (χ3n) is 1.64. The van der Waals surface area contributed by atoms with E-state index in [1.807, 2.05) is 18.2 Å². The molecule has 2 nitrogen and oxygen atoms in total. The normalized spacial score (nSPS) is 10.4. The molecule has 1 N–H and O–H groups in total. The van der Waals surface area contributed by atoms with Crippen LogP contribution in [0, 0.1) is 3.70 Å². The number of halogens is 1. The van der Waals surface area contributed by atoms with Crippen LogP contribution >= 0.6 is 22.6 Å². The zero-order valence-corrected chi connectivity index (χ0v) is 8.32. The summed E-state index contributed by atoms with van der Waals surface area (Å²) in [6.07, 6.45) is 0. The highest BCUT2D eigenvalue weighted by molar-refractivity contribution is 14.1. The van der Waals surface area contributed by atoms with Crippen LogP contribution in [0.25, 0.3) is 10.9 Å². The summed E-state index contributed by atoms with van der Waals surface area (Å²) in [5, 5.41) is 10.1. The Morgan fingerprint density at radius 2 is 2.00 bits per heavy atom. The van der Waals surface area contributed by atoms with E-state index in [1.165, 1.54) is 0 Å². The molecule has 1 aromatic carbocycles. The summed E-state index contributed by atoms with van der Waals surface area (Å²) < 4.78 is 0.964. The Morgan fingerprint density at radius 1 is 1.17 bits per heavy atom. The van der Waals surface area contributed by atoms with Gasteiger partial charge in [0.1, 0.15) is 9.45 Å².